The molecule has 0 saturated heterocycles. The molecule has 0 aromatic heterocycles. The minimum atomic E-state index is -0.700. The van der Waals surface area contributed by atoms with Crippen LogP contribution >= 0.6 is 0 Å². The van der Waals surface area contributed by atoms with Crippen LogP contribution < -0.4 is 0 Å². The molecular weight excluding hydrogens is 444 g/mol. The maximum atomic E-state index is 12.0. The molecule has 1 N–H and O–H groups in total. The van der Waals surface area contributed by atoms with Crippen molar-refractivity contribution < 1.29 is 14.6 Å². The summed E-state index contributed by atoms with van der Waals surface area (Å²) in [5.41, 5.74) is 2.35. The maximum absolute atomic E-state index is 12.0. The van der Waals surface area contributed by atoms with Crippen LogP contribution in [0.1, 0.15) is 114 Å². The van der Waals surface area contributed by atoms with Crippen molar-refractivity contribution in [2.24, 2.45) is 5.92 Å². The van der Waals surface area contributed by atoms with E-state index in [0.717, 1.165) is 24.8 Å². The van der Waals surface area contributed by atoms with Crippen molar-refractivity contribution in [1.29, 1.82) is 0 Å². The molecule has 3 heteroatoms. The number of aryl methyl sites for hydroxylation is 1. The summed E-state index contributed by atoms with van der Waals surface area (Å²) in [5, 5.41) is 9.90. The molecule has 36 heavy (non-hydrogen) atoms. The van der Waals surface area contributed by atoms with E-state index in [2.05, 4.69) is 31.2 Å². The van der Waals surface area contributed by atoms with Gasteiger partial charge in [-0.05, 0) is 36.8 Å². The van der Waals surface area contributed by atoms with Crippen molar-refractivity contribution in [2.45, 2.75) is 122 Å². The van der Waals surface area contributed by atoms with Gasteiger partial charge in [-0.3, -0.25) is 4.79 Å². The largest absolute Gasteiger partial charge is 0.481 e. The van der Waals surface area contributed by atoms with E-state index in [0.29, 0.717) is 19.4 Å². The van der Waals surface area contributed by atoms with Crippen molar-refractivity contribution >= 4 is 5.97 Å². The number of carboxylic acid groups (broad SMARTS) is 1. The minimum Gasteiger partial charge on any atom is -0.481 e. The van der Waals surface area contributed by atoms with Gasteiger partial charge in [0, 0.05) is 0 Å². The molecule has 0 aliphatic rings. The normalized spacial score (nSPS) is 12.9. The zero-order valence-corrected chi connectivity index (χ0v) is 22.7. The third-order valence-electron chi connectivity index (χ3n) is 7.23. The second kappa shape index (κ2) is 20.0. The summed E-state index contributed by atoms with van der Waals surface area (Å²) in [4.78, 5) is 12.0. The number of carbonyl (C=O) groups is 1. The molecule has 0 bridgehead atoms. The molecule has 0 radical (unpaired) electrons. The summed E-state index contributed by atoms with van der Waals surface area (Å²) >= 11 is 0. The topological polar surface area (TPSA) is 46.5 Å². The van der Waals surface area contributed by atoms with E-state index < -0.39 is 5.97 Å². The summed E-state index contributed by atoms with van der Waals surface area (Å²) in [6.07, 6.45) is 18.9. The number of benzene rings is 2. The highest BCUT2D eigenvalue weighted by Gasteiger charge is 2.23. The molecule has 0 spiro atoms. The number of hydrogen-bond acceptors (Lipinski definition) is 2. The predicted octanol–water partition coefficient (Wildman–Crippen LogP) is 9.39. The van der Waals surface area contributed by atoms with Gasteiger partial charge in [-0.15, -0.1) is 0 Å². The molecule has 2 rings (SSSR count). The quantitative estimate of drug-likeness (QED) is 0.166. The molecule has 0 fully saturated rings. The average Bonchev–Trinajstić information content (AvgIpc) is 2.90. The lowest BCUT2D eigenvalue weighted by Crippen LogP contribution is -2.24. The van der Waals surface area contributed by atoms with Gasteiger partial charge >= 0.3 is 5.97 Å². The van der Waals surface area contributed by atoms with Gasteiger partial charge in [0.1, 0.15) is 0 Å². The van der Waals surface area contributed by atoms with Crippen LogP contribution in [-0.2, 0) is 22.6 Å². The third-order valence-corrected chi connectivity index (χ3v) is 7.23. The van der Waals surface area contributed by atoms with Gasteiger partial charge in [-0.25, -0.2) is 0 Å². The molecule has 0 saturated carbocycles. The van der Waals surface area contributed by atoms with Crippen molar-refractivity contribution in [2.75, 3.05) is 0 Å². The summed E-state index contributed by atoms with van der Waals surface area (Å²) in [5.74, 6) is -1.07. The molecule has 0 aliphatic carbocycles. The van der Waals surface area contributed by atoms with Gasteiger partial charge in [0.25, 0.3) is 0 Å². The van der Waals surface area contributed by atoms with Crippen LogP contribution in [0.2, 0.25) is 0 Å². The van der Waals surface area contributed by atoms with E-state index in [1.807, 2.05) is 36.4 Å². The Morgan fingerprint density at radius 2 is 1.19 bits per heavy atom. The molecule has 2 unspecified atom stereocenters. The lowest BCUT2D eigenvalue weighted by atomic mass is 9.92. The summed E-state index contributed by atoms with van der Waals surface area (Å²) < 4.78 is 6.30. The van der Waals surface area contributed by atoms with Gasteiger partial charge in [0.15, 0.2) is 0 Å². The fourth-order valence-corrected chi connectivity index (χ4v) is 4.92. The first-order valence-electron chi connectivity index (χ1n) is 14.6. The van der Waals surface area contributed by atoms with Crippen molar-refractivity contribution in [3.05, 3.63) is 71.8 Å². The Hall–Kier alpha value is -2.13. The number of unbranched alkanes of at least 4 members (excludes halogenated alkanes) is 11. The van der Waals surface area contributed by atoms with Gasteiger partial charge in [0.05, 0.1) is 18.6 Å². The fourth-order valence-electron chi connectivity index (χ4n) is 4.92. The highest BCUT2D eigenvalue weighted by atomic mass is 16.5. The number of carboxylic acids is 1. The lowest BCUT2D eigenvalue weighted by Gasteiger charge is -2.22. The Kier molecular flexibility index (Phi) is 16.7. The molecule has 200 valence electrons. The second-order valence-corrected chi connectivity index (χ2v) is 10.4. The second-order valence-electron chi connectivity index (χ2n) is 10.4. The molecule has 2 aromatic carbocycles. The zero-order chi connectivity index (χ0) is 25.7. The zero-order valence-electron chi connectivity index (χ0n) is 22.7. The van der Waals surface area contributed by atoms with E-state index in [9.17, 15) is 9.90 Å². The van der Waals surface area contributed by atoms with Crippen LogP contribution in [-0.4, -0.2) is 17.2 Å². The van der Waals surface area contributed by atoms with Crippen LogP contribution in [0.15, 0.2) is 60.7 Å². The molecule has 0 aliphatic heterocycles. The summed E-state index contributed by atoms with van der Waals surface area (Å²) in [6.45, 7) is 2.82. The van der Waals surface area contributed by atoms with Crippen molar-refractivity contribution in [1.82, 2.24) is 0 Å². The predicted molar refractivity (Wildman–Crippen MR) is 151 cm³/mol. The van der Waals surface area contributed by atoms with Gasteiger partial charge in [-0.1, -0.05) is 145 Å². The number of hydrogen-bond donors (Lipinski definition) is 1. The molecule has 3 nitrogen and oxygen atoms in total. The molecule has 2 atom stereocenters. The Labute approximate surface area is 220 Å². The molecular formula is C33H50O3. The van der Waals surface area contributed by atoms with E-state index in [1.54, 1.807) is 0 Å². The summed E-state index contributed by atoms with van der Waals surface area (Å²) in [7, 11) is 0. The van der Waals surface area contributed by atoms with Crippen molar-refractivity contribution in [3.8, 4) is 0 Å². The third kappa shape index (κ3) is 14.4. The van der Waals surface area contributed by atoms with Crippen molar-refractivity contribution in [3.63, 3.8) is 0 Å². The van der Waals surface area contributed by atoms with Crippen LogP contribution in [0.3, 0.4) is 0 Å². The average molecular weight is 495 g/mol. The Morgan fingerprint density at radius 3 is 1.72 bits per heavy atom. The Bertz CT molecular complexity index is 774. The van der Waals surface area contributed by atoms with E-state index in [1.165, 1.54) is 76.2 Å². The molecule has 0 heterocycles. The first-order chi connectivity index (χ1) is 17.7. The first kappa shape index (κ1) is 30.1. The Balaban J connectivity index is 1.72. The van der Waals surface area contributed by atoms with E-state index >= 15 is 0 Å². The van der Waals surface area contributed by atoms with Crippen LogP contribution in [0.25, 0.3) is 0 Å². The maximum Gasteiger partial charge on any atom is 0.306 e. The monoisotopic (exact) mass is 494 g/mol. The minimum absolute atomic E-state index is 0.00907. The lowest BCUT2D eigenvalue weighted by molar-refractivity contribution is -0.143. The van der Waals surface area contributed by atoms with Gasteiger partial charge in [-0.2, -0.15) is 0 Å². The van der Waals surface area contributed by atoms with Gasteiger partial charge in [0.2, 0.25) is 0 Å². The van der Waals surface area contributed by atoms with E-state index in [-0.39, 0.29) is 12.0 Å². The Morgan fingerprint density at radius 1 is 0.694 bits per heavy atom. The highest BCUT2D eigenvalue weighted by Crippen LogP contribution is 2.23. The molecule has 0 amide bonds. The fraction of sp³-hybridized carbons (Fsp3) is 0.606. The molecule has 2 aromatic rings. The first-order valence-corrected chi connectivity index (χ1v) is 14.6. The van der Waals surface area contributed by atoms with Crippen LogP contribution in [0, 0.1) is 5.92 Å². The smallest absolute Gasteiger partial charge is 0.306 e. The number of rotatable bonds is 22. The number of aliphatic carboxylic acids is 1. The van der Waals surface area contributed by atoms with Crippen LogP contribution in [0.5, 0.6) is 0 Å². The standard InChI is InChI=1S/C33H50O3/c1-2-3-4-5-6-7-8-9-10-11-12-19-24-32(36-28-30-22-17-14-18-23-30)27-31(33(34)35)26-25-29-20-15-13-16-21-29/h13-18,20-23,31-32H,2-12,19,24-28H2,1H3,(H,34,35). The summed E-state index contributed by atoms with van der Waals surface area (Å²) in [6, 6.07) is 20.4. The SMILES string of the molecule is CCCCCCCCCCCCCCC(CC(CCc1ccccc1)C(=O)O)OCc1ccccc1. The van der Waals surface area contributed by atoms with Gasteiger partial charge < -0.3 is 9.84 Å². The highest BCUT2D eigenvalue weighted by molar-refractivity contribution is 5.70. The van der Waals surface area contributed by atoms with E-state index in [4.69, 9.17) is 4.74 Å². The van der Waals surface area contributed by atoms with Crippen LogP contribution in [0.4, 0.5) is 0 Å². The number of ether oxygens (including phenoxy) is 1.